The number of rotatable bonds is 8. The molecule has 0 aliphatic heterocycles. The van der Waals surface area contributed by atoms with Gasteiger partial charge in [0, 0.05) is 35.9 Å². The van der Waals surface area contributed by atoms with Gasteiger partial charge in [-0.15, -0.1) is 0 Å². The van der Waals surface area contributed by atoms with Crippen LogP contribution in [0.3, 0.4) is 0 Å². The first-order valence-electron chi connectivity index (χ1n) is 19.5. The molecule has 0 fully saturated rings. The van der Waals surface area contributed by atoms with E-state index in [2.05, 4.69) is 77.2 Å². The monoisotopic (exact) mass is 987 g/mol. The van der Waals surface area contributed by atoms with Crippen LogP contribution < -0.4 is 9.44 Å². The third-order valence-electron chi connectivity index (χ3n) is 9.77. The molecule has 0 aliphatic carbocycles. The van der Waals surface area contributed by atoms with Crippen molar-refractivity contribution < 1.29 is 36.3 Å². The van der Waals surface area contributed by atoms with E-state index in [0.29, 0.717) is 38.8 Å². The number of benzene rings is 2. The van der Waals surface area contributed by atoms with Gasteiger partial charge in [0.2, 0.25) is 0 Å². The van der Waals surface area contributed by atoms with Gasteiger partial charge in [-0.3, -0.25) is 19.4 Å². The summed E-state index contributed by atoms with van der Waals surface area (Å²) in [5.41, 5.74) is 6.26. The summed E-state index contributed by atoms with van der Waals surface area (Å²) in [6.45, 7) is 21.9. The number of halogens is 1. The van der Waals surface area contributed by atoms with Crippen LogP contribution in [0.5, 0.6) is 0 Å². The minimum absolute atomic E-state index is 0. The Kier molecular flexibility index (Phi) is 16.7. The Bertz CT molecular complexity index is 3240. The molecule has 0 atom stereocenters. The number of anilines is 2. The van der Waals surface area contributed by atoms with Crippen molar-refractivity contribution in [2.45, 2.75) is 62.2 Å². The third kappa shape index (κ3) is 11.8. The van der Waals surface area contributed by atoms with Gasteiger partial charge in [0.15, 0.2) is 0 Å². The van der Waals surface area contributed by atoms with Gasteiger partial charge in [-0.2, -0.15) is 15.5 Å². The fourth-order valence-electron chi connectivity index (χ4n) is 6.34. The molecule has 19 heteroatoms. The first-order chi connectivity index (χ1) is 30.8. The maximum Gasteiger partial charge on any atom is 2.00 e. The molecular weight excluding hydrogens is 948 g/mol. The Morgan fingerprint density at radius 3 is 1.36 bits per heavy atom. The molecule has 0 saturated carbocycles. The van der Waals surface area contributed by atoms with Gasteiger partial charge < -0.3 is 23.7 Å². The second kappa shape index (κ2) is 21.3. The van der Waals surface area contributed by atoms with E-state index in [4.69, 9.17) is 35.3 Å². The van der Waals surface area contributed by atoms with Gasteiger partial charge in [-0.1, -0.05) is 77.4 Å². The smallest absolute Gasteiger partial charge is 0.512 e. The van der Waals surface area contributed by atoms with Crippen molar-refractivity contribution in [1.29, 1.82) is 15.8 Å². The van der Waals surface area contributed by atoms with Crippen molar-refractivity contribution in [2.24, 2.45) is 0 Å². The molecule has 0 saturated heterocycles. The molecular formula is C47H42ClN11O4S2Zn. The van der Waals surface area contributed by atoms with Crippen LogP contribution in [0, 0.1) is 35.0 Å². The zero-order chi connectivity index (χ0) is 47.7. The Hall–Kier alpha value is -7.00. The maximum absolute atomic E-state index is 13.0. The van der Waals surface area contributed by atoms with Gasteiger partial charge >= 0.3 is 19.5 Å². The first kappa shape index (κ1) is 51.6. The fourth-order valence-corrected chi connectivity index (χ4v) is 8.62. The summed E-state index contributed by atoms with van der Waals surface area (Å²) in [7, 11) is -7.65. The van der Waals surface area contributed by atoms with E-state index in [9.17, 15) is 22.1 Å². The number of hydrogen-bond acceptors (Lipinski definition) is 11. The molecule has 0 spiro atoms. The summed E-state index contributed by atoms with van der Waals surface area (Å²) >= 11 is 6.32. The van der Waals surface area contributed by atoms with Gasteiger partial charge in [-0.25, -0.2) is 25.9 Å². The molecule has 15 nitrogen and oxygen atoms in total. The summed E-state index contributed by atoms with van der Waals surface area (Å²) in [5, 5.41) is 31.5. The zero-order valence-corrected chi connectivity index (χ0v) is 42.1. The molecule has 6 aromatic heterocycles. The second-order valence-electron chi connectivity index (χ2n) is 16.2. The molecule has 330 valence electrons. The molecule has 0 amide bonds. The molecule has 6 heterocycles. The number of hydrogen-bond donors (Lipinski definition) is 2. The predicted octanol–water partition coefficient (Wildman–Crippen LogP) is 9.70. The van der Waals surface area contributed by atoms with Crippen molar-refractivity contribution in [1.82, 2.24) is 29.2 Å². The number of fused-ring (bicyclic) bond motifs is 2. The van der Waals surface area contributed by atoms with E-state index in [-0.39, 0.29) is 45.9 Å². The fraction of sp³-hybridized carbons (Fsp3) is 0.170. The van der Waals surface area contributed by atoms with Crippen LogP contribution in [0.15, 0.2) is 144 Å². The first-order valence-corrected chi connectivity index (χ1v) is 22.8. The van der Waals surface area contributed by atoms with Crippen molar-refractivity contribution in [3.8, 4) is 28.6 Å². The van der Waals surface area contributed by atoms with Crippen LogP contribution in [0.4, 0.5) is 11.6 Å². The number of pyridine rings is 4. The number of nitrogens with zero attached hydrogens (tertiary/aromatic N) is 9. The van der Waals surface area contributed by atoms with E-state index < -0.39 is 20.0 Å². The zero-order valence-electron chi connectivity index (χ0n) is 36.8. The van der Waals surface area contributed by atoms with E-state index in [0.717, 1.165) is 22.3 Å². The van der Waals surface area contributed by atoms with Gasteiger partial charge in [-0.05, 0) is 107 Å². The Balaban J connectivity index is 0.000000265. The van der Waals surface area contributed by atoms with E-state index in [1.807, 2.05) is 42.5 Å². The molecule has 8 aromatic rings. The van der Waals surface area contributed by atoms with Crippen molar-refractivity contribution in [3.63, 3.8) is 0 Å². The molecule has 2 N–H and O–H groups in total. The number of nitrogens with one attached hydrogen (secondary N) is 2. The van der Waals surface area contributed by atoms with Gasteiger partial charge in [0.25, 0.3) is 20.0 Å². The minimum Gasteiger partial charge on any atom is -0.512 e. The average Bonchev–Trinajstić information content (AvgIpc) is 3.97. The molecule has 2 aromatic carbocycles. The summed E-state index contributed by atoms with van der Waals surface area (Å²) < 4.78 is 60.1. The third-order valence-corrected chi connectivity index (χ3v) is 12.8. The summed E-state index contributed by atoms with van der Waals surface area (Å²) in [5.74, 6) is 0.536. The van der Waals surface area contributed by atoms with E-state index >= 15 is 0 Å². The van der Waals surface area contributed by atoms with Crippen LogP contribution in [-0.4, -0.2) is 46.0 Å². The average molecular weight is 990 g/mol. The number of sulfonamides is 2. The Labute approximate surface area is 402 Å². The summed E-state index contributed by atoms with van der Waals surface area (Å²) in [6, 6.07) is 33.0. The Morgan fingerprint density at radius 2 is 0.985 bits per heavy atom. The van der Waals surface area contributed by atoms with Crippen molar-refractivity contribution in [3.05, 3.63) is 169 Å². The minimum atomic E-state index is -3.85. The van der Waals surface area contributed by atoms with E-state index in [1.54, 1.807) is 85.5 Å². The second-order valence-corrected chi connectivity index (χ2v) is 20.0. The standard InChI is InChI=1S/C23H21N5O2S.C22H21ClN4O2S.2CN.Zn/c1-23(2,3)18-7-9-19(10-8-18)31(29,30)27-22-11-6-16(14-24)21-13-20(26-28(21)22)17-5-4-12-25-15-17;1-22(2,3)16-6-8-17(9-7-16)30(28,29)26-21-11-10-18(23)20-13-19(25-27(20)21)15-5-4-12-24-14-15;2*1-2;/h4-13,15,27H,1-3H3;4-14,26H,1-3H3;;;/q;;2*-1;+2. The molecule has 8 rings (SSSR count). The maximum atomic E-state index is 13.0. The van der Waals surface area contributed by atoms with Crippen molar-refractivity contribution in [2.75, 3.05) is 9.44 Å². The summed E-state index contributed by atoms with van der Waals surface area (Å²) in [4.78, 5) is 8.53. The number of nitriles is 1. The normalized spacial score (nSPS) is 11.2. The van der Waals surface area contributed by atoms with Gasteiger partial charge in [0.05, 0.1) is 42.8 Å². The van der Waals surface area contributed by atoms with Crippen LogP contribution >= 0.6 is 11.6 Å². The predicted molar refractivity (Wildman–Crippen MR) is 248 cm³/mol. The molecule has 0 bridgehead atoms. The summed E-state index contributed by atoms with van der Waals surface area (Å²) in [6.07, 6.45) is 6.69. The molecule has 0 radical (unpaired) electrons. The largest absolute Gasteiger partial charge is 2.00 e. The topological polar surface area (TPSA) is 224 Å². The number of aromatic nitrogens is 6. The van der Waals surface area contributed by atoms with Crippen LogP contribution in [-0.2, 0) is 50.4 Å². The van der Waals surface area contributed by atoms with Gasteiger partial charge in [0.1, 0.15) is 17.7 Å². The molecule has 0 aliphatic rings. The van der Waals surface area contributed by atoms with E-state index in [1.165, 1.54) is 15.1 Å². The van der Waals surface area contributed by atoms with Crippen LogP contribution in [0.1, 0.15) is 58.2 Å². The van der Waals surface area contributed by atoms with Crippen molar-refractivity contribution >= 4 is 54.3 Å². The van der Waals surface area contributed by atoms with Crippen LogP contribution in [0.2, 0.25) is 5.02 Å². The SMILES string of the molecule is CC(C)(C)c1ccc(S(=O)(=O)Nc2ccc(C#N)c3cc(-c4cccnc4)nn23)cc1.CC(C)(C)c1ccc(S(=O)(=O)Nc2ccc(Cl)c3cc(-c4cccnc4)nn23)cc1.[C-]#N.[C-]#N.[Zn+2]. The molecule has 0 unspecified atom stereocenters. The Morgan fingerprint density at radius 1 is 0.591 bits per heavy atom. The van der Waals surface area contributed by atoms with Crippen LogP contribution in [0.25, 0.3) is 33.5 Å². The molecule has 66 heavy (non-hydrogen) atoms. The quantitative estimate of drug-likeness (QED) is 0.108.